The molecule has 2 heteroatoms. The predicted octanol–water partition coefficient (Wildman–Crippen LogP) is 8.20. The minimum absolute atomic E-state index is 0. The Hall–Kier alpha value is -1.29. The summed E-state index contributed by atoms with van der Waals surface area (Å²) in [6, 6.07) is 32.3. The molecule has 0 unspecified atom stereocenters. The zero-order chi connectivity index (χ0) is 24.2. The van der Waals surface area contributed by atoms with E-state index in [-0.39, 0.29) is 19.5 Å². The fraction of sp³-hybridized carbons (Fsp3) is 0.235. The summed E-state index contributed by atoms with van der Waals surface area (Å²) < 4.78 is 0. The smallest absolute Gasteiger partial charge is 0 e. The van der Waals surface area contributed by atoms with Crippen LogP contribution < -0.4 is 15.9 Å². The Morgan fingerprint density at radius 2 is 0.500 bits per heavy atom. The van der Waals surface area contributed by atoms with E-state index in [2.05, 4.69) is 142 Å². The molecule has 3 aromatic carbocycles. The van der Waals surface area contributed by atoms with Crippen LogP contribution in [0.25, 0.3) is 0 Å². The van der Waals surface area contributed by atoms with Crippen molar-refractivity contribution in [2.75, 3.05) is 0 Å². The Balaban J connectivity index is 0.000000223. The number of benzene rings is 3. The van der Waals surface area contributed by atoms with Crippen LogP contribution in [0.3, 0.4) is 0 Å². The molecule has 2 aliphatic rings. The Bertz CT molecular complexity index is 708. The molecule has 0 nitrogen and oxygen atoms in total. The zero-order valence-corrected chi connectivity index (χ0v) is 23.9. The predicted molar refractivity (Wildman–Crippen MR) is 156 cm³/mol. The number of hydrogen-bond acceptors (Lipinski definition) is 0. The van der Waals surface area contributed by atoms with Crippen LogP contribution in [-0.4, -0.2) is 0 Å². The molecule has 3 aromatic rings. The minimum atomic E-state index is -0.446. The van der Waals surface area contributed by atoms with Crippen LogP contribution in [0.5, 0.6) is 0 Å². The maximum Gasteiger partial charge on any atom is 0 e. The molecule has 36 heavy (non-hydrogen) atoms. The molecule has 0 saturated heterocycles. The van der Waals surface area contributed by atoms with E-state index in [1.807, 2.05) is 0 Å². The summed E-state index contributed by atoms with van der Waals surface area (Å²) in [5, 5.41) is 4.19. The number of rotatable bonds is 3. The van der Waals surface area contributed by atoms with Gasteiger partial charge in [0.2, 0.25) is 0 Å². The van der Waals surface area contributed by atoms with Crippen molar-refractivity contribution < 1.29 is 19.5 Å². The second-order valence-corrected chi connectivity index (χ2v) is 10.8. The molecule has 8 radical (unpaired) electrons. The monoisotopic (exact) mass is 580 g/mol. The summed E-state index contributed by atoms with van der Waals surface area (Å²) in [4.78, 5) is 0. The van der Waals surface area contributed by atoms with Crippen molar-refractivity contribution in [1.29, 1.82) is 0 Å². The van der Waals surface area contributed by atoms with Gasteiger partial charge in [0.1, 0.15) is 0 Å². The Morgan fingerprint density at radius 3 is 0.694 bits per heavy atom. The SMILES string of the molecule is [CH]1[CH]CC[CH][CH]CC1.[CH]1[CH]CC[CH][CH]CC1.[Ru].c1ccc(P(c2ccccc2)c2ccccc2)cc1. The van der Waals surface area contributed by atoms with Crippen LogP contribution in [0, 0.1) is 51.4 Å². The van der Waals surface area contributed by atoms with Crippen molar-refractivity contribution in [3.8, 4) is 0 Å². The summed E-state index contributed by atoms with van der Waals surface area (Å²) in [6.07, 6.45) is 28.0. The second-order valence-electron chi connectivity index (χ2n) is 8.54. The van der Waals surface area contributed by atoms with Crippen molar-refractivity contribution in [3.63, 3.8) is 0 Å². The third kappa shape index (κ3) is 12.8. The summed E-state index contributed by atoms with van der Waals surface area (Å²) in [5.74, 6) is 0. The molecule has 0 aliphatic heterocycles. The Morgan fingerprint density at radius 1 is 0.306 bits per heavy atom. The van der Waals surface area contributed by atoms with Gasteiger partial charge in [-0.2, -0.15) is 0 Å². The van der Waals surface area contributed by atoms with Gasteiger partial charge in [0.15, 0.2) is 0 Å². The van der Waals surface area contributed by atoms with E-state index in [9.17, 15) is 0 Å². The molecule has 0 atom stereocenters. The number of hydrogen-bond donors (Lipinski definition) is 0. The van der Waals surface area contributed by atoms with Crippen molar-refractivity contribution in [3.05, 3.63) is 142 Å². The Labute approximate surface area is 236 Å². The van der Waals surface area contributed by atoms with E-state index in [1.165, 1.54) is 67.3 Å². The van der Waals surface area contributed by atoms with Gasteiger partial charge >= 0.3 is 0 Å². The molecule has 2 aliphatic carbocycles. The van der Waals surface area contributed by atoms with Gasteiger partial charge in [-0.25, -0.2) is 0 Å². The van der Waals surface area contributed by atoms with E-state index >= 15 is 0 Å². The fourth-order valence-corrected chi connectivity index (χ4v) is 6.20. The van der Waals surface area contributed by atoms with Gasteiger partial charge in [-0.3, -0.25) is 0 Å². The maximum atomic E-state index is 2.27. The fourth-order valence-electron chi connectivity index (χ4n) is 3.89. The third-order valence-electron chi connectivity index (χ3n) is 5.71. The van der Waals surface area contributed by atoms with E-state index in [0.29, 0.717) is 0 Å². The summed E-state index contributed by atoms with van der Waals surface area (Å²) in [6.45, 7) is 0. The van der Waals surface area contributed by atoms with Crippen molar-refractivity contribution >= 4 is 23.8 Å². The van der Waals surface area contributed by atoms with Crippen LogP contribution in [0.15, 0.2) is 91.0 Å². The van der Waals surface area contributed by atoms with Crippen molar-refractivity contribution in [2.45, 2.75) is 51.4 Å². The molecule has 2 saturated carbocycles. The quantitative estimate of drug-likeness (QED) is 0.217. The van der Waals surface area contributed by atoms with Crippen LogP contribution in [0.1, 0.15) is 51.4 Å². The van der Waals surface area contributed by atoms with Gasteiger partial charge in [-0.1, -0.05) is 91.0 Å². The first-order valence-corrected chi connectivity index (χ1v) is 14.3. The first kappa shape index (κ1) is 30.9. The molecule has 5 rings (SSSR count). The van der Waals surface area contributed by atoms with Crippen molar-refractivity contribution in [2.24, 2.45) is 0 Å². The van der Waals surface area contributed by atoms with Crippen LogP contribution in [0.2, 0.25) is 0 Å². The molecule has 0 heterocycles. The second kappa shape index (κ2) is 20.7. The van der Waals surface area contributed by atoms with E-state index in [0.717, 1.165) is 0 Å². The largest absolute Gasteiger partial charge is 0.0622 e. The minimum Gasteiger partial charge on any atom is -0.0622 e. The van der Waals surface area contributed by atoms with Gasteiger partial charge < -0.3 is 0 Å². The standard InChI is InChI=1S/C18H15P.2C8H12.Ru/c1-4-10-16(11-5-1)19(17-12-6-2-7-13-17)18-14-8-3-9-15-18;2*1-2-4-6-8-7-5-3-1;/h1-15H;2*1-2,7-8H,3-6H2;. The van der Waals surface area contributed by atoms with E-state index in [4.69, 9.17) is 0 Å². The van der Waals surface area contributed by atoms with Crippen LogP contribution in [-0.2, 0) is 19.5 Å². The van der Waals surface area contributed by atoms with Crippen LogP contribution in [0.4, 0.5) is 0 Å². The maximum absolute atomic E-state index is 2.27. The molecule has 2 fully saturated rings. The molecule has 0 bridgehead atoms. The first-order valence-electron chi connectivity index (χ1n) is 13.0. The normalized spacial score (nSPS) is 16.2. The van der Waals surface area contributed by atoms with Gasteiger partial charge in [-0.05, 0) is 127 Å². The van der Waals surface area contributed by atoms with E-state index < -0.39 is 7.92 Å². The van der Waals surface area contributed by atoms with Gasteiger partial charge in [0.05, 0.1) is 0 Å². The average Bonchev–Trinajstić information content (AvgIpc) is 2.86. The molecular weight excluding hydrogens is 540 g/mol. The molecule has 188 valence electrons. The Kier molecular flexibility index (Phi) is 17.8. The first-order chi connectivity index (χ1) is 17.4. The molecule has 0 N–H and O–H groups in total. The van der Waals surface area contributed by atoms with Gasteiger partial charge in [-0.15, -0.1) is 0 Å². The molecule has 0 spiro atoms. The average molecular weight is 580 g/mol. The van der Waals surface area contributed by atoms with E-state index in [1.54, 1.807) is 0 Å². The molecular formula is C34H39PRu. The summed E-state index contributed by atoms with van der Waals surface area (Å²) >= 11 is 0. The van der Waals surface area contributed by atoms with Gasteiger partial charge in [0, 0.05) is 19.5 Å². The third-order valence-corrected chi connectivity index (χ3v) is 8.15. The van der Waals surface area contributed by atoms with Crippen molar-refractivity contribution in [1.82, 2.24) is 0 Å². The molecule has 0 aromatic heterocycles. The zero-order valence-electron chi connectivity index (χ0n) is 21.2. The van der Waals surface area contributed by atoms with Crippen LogP contribution >= 0.6 is 7.92 Å². The summed E-state index contributed by atoms with van der Waals surface area (Å²) in [5.41, 5.74) is 0. The molecule has 0 amide bonds. The topological polar surface area (TPSA) is 0 Å². The van der Waals surface area contributed by atoms with Gasteiger partial charge in [0.25, 0.3) is 0 Å². The summed E-state index contributed by atoms with van der Waals surface area (Å²) in [7, 11) is -0.446.